The number of hydrogen-bond donors (Lipinski definition) is 1. The normalized spacial score (nSPS) is 11.1. The average Bonchev–Trinajstić information content (AvgIpc) is 2.80. The molecule has 174 valence electrons. The number of hydrogen-bond acceptors (Lipinski definition) is 5. The van der Waals surface area contributed by atoms with E-state index in [1.54, 1.807) is 24.3 Å². The molecule has 3 aromatic carbocycles. The van der Waals surface area contributed by atoms with Gasteiger partial charge in [0.25, 0.3) is 10.0 Å². The smallest absolute Gasteiger partial charge is 0.264 e. The van der Waals surface area contributed by atoms with E-state index in [-0.39, 0.29) is 22.0 Å². The van der Waals surface area contributed by atoms with Gasteiger partial charge in [0.2, 0.25) is 5.91 Å². The topological polar surface area (TPSA) is 84.9 Å². The van der Waals surface area contributed by atoms with Crippen molar-refractivity contribution in [3.63, 3.8) is 0 Å². The molecule has 3 aromatic rings. The van der Waals surface area contributed by atoms with Crippen LogP contribution in [0.4, 0.5) is 20.2 Å². The van der Waals surface area contributed by atoms with Gasteiger partial charge in [-0.2, -0.15) is 0 Å². The number of amides is 1. The van der Waals surface area contributed by atoms with Gasteiger partial charge in [0.05, 0.1) is 24.8 Å². The quantitative estimate of drug-likeness (QED) is 0.529. The third kappa shape index (κ3) is 5.40. The van der Waals surface area contributed by atoms with Crippen LogP contribution in [-0.4, -0.2) is 35.1 Å². The van der Waals surface area contributed by atoms with Crippen LogP contribution in [0.1, 0.15) is 5.56 Å². The van der Waals surface area contributed by atoms with E-state index in [4.69, 9.17) is 9.47 Å². The van der Waals surface area contributed by atoms with Crippen LogP contribution in [-0.2, 0) is 14.8 Å². The fraction of sp³-hybridized carbons (Fsp3) is 0.174. The second kappa shape index (κ2) is 9.86. The maximum absolute atomic E-state index is 13.5. The fourth-order valence-electron chi connectivity index (χ4n) is 3.04. The number of methoxy groups -OCH3 is 2. The van der Waals surface area contributed by atoms with Crippen LogP contribution >= 0.6 is 0 Å². The Hall–Kier alpha value is -3.66. The van der Waals surface area contributed by atoms with E-state index >= 15 is 0 Å². The Morgan fingerprint density at radius 2 is 1.58 bits per heavy atom. The summed E-state index contributed by atoms with van der Waals surface area (Å²) in [5.41, 5.74) is 1.13. The van der Waals surface area contributed by atoms with Crippen molar-refractivity contribution in [1.82, 2.24) is 0 Å². The summed E-state index contributed by atoms with van der Waals surface area (Å²) < 4.78 is 65.0. The first-order valence-corrected chi connectivity index (χ1v) is 11.2. The highest BCUT2D eigenvalue weighted by atomic mass is 32.2. The molecule has 0 spiro atoms. The number of rotatable bonds is 8. The van der Waals surface area contributed by atoms with Gasteiger partial charge in [-0.25, -0.2) is 17.2 Å². The monoisotopic (exact) mass is 476 g/mol. The van der Waals surface area contributed by atoms with Gasteiger partial charge in [-0.1, -0.05) is 17.7 Å². The first-order chi connectivity index (χ1) is 15.6. The van der Waals surface area contributed by atoms with Gasteiger partial charge < -0.3 is 14.8 Å². The molecule has 0 atom stereocenters. The lowest BCUT2D eigenvalue weighted by molar-refractivity contribution is -0.114. The molecule has 0 aliphatic heterocycles. The van der Waals surface area contributed by atoms with Crippen LogP contribution in [0.15, 0.2) is 65.6 Å². The second-order valence-corrected chi connectivity index (χ2v) is 8.90. The van der Waals surface area contributed by atoms with Crippen molar-refractivity contribution in [3.8, 4) is 11.5 Å². The van der Waals surface area contributed by atoms with Crippen molar-refractivity contribution < 1.29 is 31.5 Å². The fourth-order valence-corrected chi connectivity index (χ4v) is 4.47. The number of aryl methyl sites for hydroxylation is 1. The maximum atomic E-state index is 13.5. The lowest BCUT2D eigenvalue weighted by Crippen LogP contribution is -2.38. The summed E-state index contributed by atoms with van der Waals surface area (Å²) in [7, 11) is -1.42. The molecule has 10 heteroatoms. The van der Waals surface area contributed by atoms with E-state index < -0.39 is 34.1 Å². The van der Waals surface area contributed by atoms with E-state index in [0.717, 1.165) is 22.0 Å². The summed E-state index contributed by atoms with van der Waals surface area (Å²) >= 11 is 0. The molecule has 1 N–H and O–H groups in total. The minimum absolute atomic E-state index is 0.00808. The molecular formula is C23H22F2N2O5S. The largest absolute Gasteiger partial charge is 0.493 e. The summed E-state index contributed by atoms with van der Waals surface area (Å²) in [6, 6.07) is 13.5. The number of ether oxygens (including phenoxy) is 2. The Balaban J connectivity index is 1.98. The molecule has 0 fully saturated rings. The number of carbonyl (C=O) groups excluding carboxylic acids is 1. The van der Waals surface area contributed by atoms with Crippen LogP contribution in [0.25, 0.3) is 0 Å². The van der Waals surface area contributed by atoms with Crippen molar-refractivity contribution in [3.05, 3.63) is 77.9 Å². The first-order valence-electron chi connectivity index (χ1n) is 9.72. The highest BCUT2D eigenvalue weighted by molar-refractivity contribution is 7.92. The number of halogens is 2. The average molecular weight is 477 g/mol. The van der Waals surface area contributed by atoms with Crippen molar-refractivity contribution in [2.24, 2.45) is 0 Å². The molecule has 1 amide bonds. The summed E-state index contributed by atoms with van der Waals surface area (Å²) in [6.45, 7) is 1.23. The van der Waals surface area contributed by atoms with Crippen LogP contribution in [0, 0.1) is 18.6 Å². The minimum Gasteiger partial charge on any atom is -0.493 e. The molecule has 0 aliphatic carbocycles. The SMILES string of the molecule is COc1ccc(S(=O)(=O)N(CC(=O)Nc2ccc(F)c(F)c2)c2ccc(C)cc2)cc1OC. The van der Waals surface area contributed by atoms with Crippen molar-refractivity contribution in [1.29, 1.82) is 0 Å². The number of carbonyl (C=O) groups is 1. The standard InChI is InChI=1S/C23H22F2N2O5S/c1-15-4-7-17(8-5-15)27(14-23(28)26-16-6-10-19(24)20(25)12-16)33(29,30)18-9-11-21(31-2)22(13-18)32-3/h4-13H,14H2,1-3H3,(H,26,28). The van der Waals surface area contributed by atoms with E-state index in [1.807, 2.05) is 6.92 Å². The molecule has 0 heterocycles. The lowest BCUT2D eigenvalue weighted by Gasteiger charge is -2.24. The number of benzene rings is 3. The molecule has 0 saturated heterocycles. The van der Waals surface area contributed by atoms with E-state index in [2.05, 4.69) is 5.32 Å². The van der Waals surface area contributed by atoms with E-state index in [9.17, 15) is 22.0 Å². The van der Waals surface area contributed by atoms with Gasteiger partial charge in [-0.05, 0) is 43.3 Å². The Kier molecular flexibility index (Phi) is 7.17. The summed E-state index contributed by atoms with van der Waals surface area (Å²) in [5.74, 6) is -2.40. The van der Waals surface area contributed by atoms with E-state index in [1.165, 1.54) is 38.5 Å². The maximum Gasteiger partial charge on any atom is 0.264 e. The van der Waals surface area contributed by atoms with Gasteiger partial charge in [0.15, 0.2) is 23.1 Å². The van der Waals surface area contributed by atoms with Crippen LogP contribution in [0.2, 0.25) is 0 Å². The third-order valence-corrected chi connectivity index (χ3v) is 6.53. The van der Waals surface area contributed by atoms with Crippen LogP contribution in [0.5, 0.6) is 11.5 Å². The first kappa shape index (κ1) is 24.0. The van der Waals surface area contributed by atoms with Gasteiger partial charge in [0, 0.05) is 17.8 Å². The Morgan fingerprint density at radius 3 is 2.18 bits per heavy atom. The summed E-state index contributed by atoms with van der Waals surface area (Å²) in [4.78, 5) is 12.6. The highest BCUT2D eigenvalue weighted by Crippen LogP contribution is 2.32. The zero-order chi connectivity index (χ0) is 24.2. The minimum atomic E-state index is -4.22. The molecule has 0 bridgehead atoms. The van der Waals surface area contributed by atoms with Crippen LogP contribution in [0.3, 0.4) is 0 Å². The molecule has 0 radical (unpaired) electrons. The number of nitrogens with one attached hydrogen (secondary N) is 1. The Morgan fingerprint density at radius 1 is 0.909 bits per heavy atom. The molecule has 0 saturated carbocycles. The highest BCUT2D eigenvalue weighted by Gasteiger charge is 2.28. The number of sulfonamides is 1. The summed E-state index contributed by atoms with van der Waals surface area (Å²) in [6.07, 6.45) is 0. The number of nitrogens with zero attached hydrogens (tertiary/aromatic N) is 1. The van der Waals surface area contributed by atoms with Crippen molar-refractivity contribution in [2.75, 3.05) is 30.4 Å². The van der Waals surface area contributed by atoms with Gasteiger partial charge in [-0.3, -0.25) is 9.10 Å². The van der Waals surface area contributed by atoms with Crippen molar-refractivity contribution in [2.45, 2.75) is 11.8 Å². The molecular weight excluding hydrogens is 454 g/mol. The Bertz CT molecular complexity index is 1260. The predicted octanol–water partition coefficient (Wildman–Crippen LogP) is 4.12. The lowest BCUT2D eigenvalue weighted by atomic mass is 10.2. The molecule has 0 aliphatic rings. The predicted molar refractivity (Wildman–Crippen MR) is 120 cm³/mol. The molecule has 0 aromatic heterocycles. The van der Waals surface area contributed by atoms with Crippen molar-refractivity contribution >= 4 is 27.3 Å². The van der Waals surface area contributed by atoms with Gasteiger partial charge in [-0.15, -0.1) is 0 Å². The Labute approximate surface area is 190 Å². The molecule has 7 nitrogen and oxygen atoms in total. The zero-order valence-electron chi connectivity index (χ0n) is 18.1. The van der Waals surface area contributed by atoms with Gasteiger partial charge in [0.1, 0.15) is 6.54 Å². The van der Waals surface area contributed by atoms with E-state index in [0.29, 0.717) is 5.75 Å². The summed E-state index contributed by atoms with van der Waals surface area (Å²) in [5, 5.41) is 2.39. The third-order valence-electron chi connectivity index (χ3n) is 4.76. The molecule has 3 rings (SSSR count). The molecule has 0 unspecified atom stereocenters. The zero-order valence-corrected chi connectivity index (χ0v) is 18.9. The second-order valence-electron chi connectivity index (χ2n) is 7.04. The number of anilines is 2. The van der Waals surface area contributed by atoms with Gasteiger partial charge >= 0.3 is 0 Å². The van der Waals surface area contributed by atoms with Crippen LogP contribution < -0.4 is 19.1 Å². The molecule has 33 heavy (non-hydrogen) atoms.